The number of alkyl halides is 3. The van der Waals surface area contributed by atoms with Crippen molar-refractivity contribution in [2.75, 3.05) is 13.1 Å². The maximum Gasteiger partial charge on any atom is 0.412 e. The third kappa shape index (κ3) is 5.59. The van der Waals surface area contributed by atoms with Gasteiger partial charge in [0, 0.05) is 18.7 Å². The van der Waals surface area contributed by atoms with Gasteiger partial charge in [-0.3, -0.25) is 0 Å². The summed E-state index contributed by atoms with van der Waals surface area (Å²) in [6, 6.07) is 0. The zero-order chi connectivity index (χ0) is 23.0. The number of carbonyl (C=O) groups is 1. The van der Waals surface area contributed by atoms with Crippen LogP contribution in [0.15, 0.2) is 23.8 Å². The minimum atomic E-state index is -4.56. The average molecular weight is 452 g/mol. The highest BCUT2D eigenvalue weighted by molar-refractivity contribution is 7.93. The zero-order valence-electron chi connectivity index (χ0n) is 18.3. The molecule has 2 atom stereocenters. The molecule has 1 fully saturated rings. The number of halogens is 3. The molecule has 1 aliphatic heterocycles. The fraction of sp³-hybridized carbons (Fsp3) is 0.762. The minimum Gasteiger partial charge on any atom is -0.444 e. The van der Waals surface area contributed by atoms with E-state index in [2.05, 4.69) is 0 Å². The van der Waals surface area contributed by atoms with Crippen molar-refractivity contribution in [3.05, 3.63) is 23.8 Å². The monoisotopic (exact) mass is 451 g/mol. The fourth-order valence-corrected chi connectivity index (χ4v) is 6.03. The maximum atomic E-state index is 13.5. The smallest absolute Gasteiger partial charge is 0.412 e. The van der Waals surface area contributed by atoms with Gasteiger partial charge in [0.1, 0.15) is 5.60 Å². The van der Waals surface area contributed by atoms with Crippen molar-refractivity contribution in [2.24, 2.45) is 5.92 Å². The number of likely N-dealkylation sites (tertiary alicyclic amines) is 1. The number of nitrogens with zero attached hydrogens (tertiary/aromatic N) is 1. The van der Waals surface area contributed by atoms with Crippen molar-refractivity contribution >= 4 is 15.9 Å². The van der Waals surface area contributed by atoms with Crippen LogP contribution in [0.1, 0.15) is 60.3 Å². The molecule has 5 nitrogen and oxygen atoms in total. The second-order valence-electron chi connectivity index (χ2n) is 9.55. The standard InChI is InChI=1S/C21H32F3NO4S/c1-19(2,3)29-18(26)25-12-8-10-16(14-25)20(4,5)30(27,28)17-11-7-6-9-15(13-17)21(22,23)24/h6-7,13,16-17H,8-12,14H2,1-5H3. The predicted octanol–water partition coefficient (Wildman–Crippen LogP) is 5.03. The lowest BCUT2D eigenvalue weighted by molar-refractivity contribution is -0.0930. The molecule has 0 bridgehead atoms. The molecule has 30 heavy (non-hydrogen) atoms. The minimum absolute atomic E-state index is 0.00778. The predicted molar refractivity (Wildman–Crippen MR) is 110 cm³/mol. The Morgan fingerprint density at radius 2 is 1.77 bits per heavy atom. The van der Waals surface area contributed by atoms with Gasteiger partial charge in [0.05, 0.1) is 10.00 Å². The summed E-state index contributed by atoms with van der Waals surface area (Å²) >= 11 is 0. The Labute approximate surface area is 177 Å². The first kappa shape index (κ1) is 24.8. The molecular formula is C21H32F3NO4S. The quantitative estimate of drug-likeness (QED) is 0.565. The third-order valence-corrected chi connectivity index (χ3v) is 8.74. The maximum absolute atomic E-state index is 13.5. The van der Waals surface area contributed by atoms with Crippen molar-refractivity contribution in [2.45, 2.75) is 82.1 Å². The number of sulfone groups is 1. The van der Waals surface area contributed by atoms with Crippen LogP contribution in [0.4, 0.5) is 18.0 Å². The molecule has 0 N–H and O–H groups in total. The Bertz CT molecular complexity index is 807. The first-order valence-electron chi connectivity index (χ1n) is 10.2. The van der Waals surface area contributed by atoms with Gasteiger partial charge < -0.3 is 9.64 Å². The number of carbonyl (C=O) groups excluding carboxylic acids is 1. The molecule has 1 aliphatic carbocycles. The number of ether oxygens (including phenoxy) is 1. The molecule has 0 saturated carbocycles. The summed E-state index contributed by atoms with van der Waals surface area (Å²) in [5.74, 6) is -0.404. The van der Waals surface area contributed by atoms with Crippen molar-refractivity contribution in [1.29, 1.82) is 0 Å². The van der Waals surface area contributed by atoms with Gasteiger partial charge in [0.25, 0.3) is 0 Å². The van der Waals surface area contributed by atoms with E-state index in [0.717, 1.165) is 6.08 Å². The van der Waals surface area contributed by atoms with Gasteiger partial charge in [-0.05, 0) is 66.2 Å². The topological polar surface area (TPSA) is 63.7 Å². The fourth-order valence-electron chi connectivity index (χ4n) is 3.89. The van der Waals surface area contributed by atoms with Gasteiger partial charge in [-0.1, -0.05) is 18.2 Å². The number of rotatable bonds is 3. The molecule has 0 aromatic carbocycles. The molecule has 0 spiro atoms. The Hall–Kier alpha value is -1.51. The highest BCUT2D eigenvalue weighted by atomic mass is 32.2. The molecular weight excluding hydrogens is 419 g/mol. The van der Waals surface area contributed by atoms with Crippen LogP contribution >= 0.6 is 0 Å². The number of amides is 1. The molecule has 0 aromatic rings. The van der Waals surface area contributed by atoms with Crippen molar-refractivity contribution < 1.29 is 31.1 Å². The molecule has 172 valence electrons. The molecule has 2 rings (SSSR count). The lowest BCUT2D eigenvalue weighted by atomic mass is 9.87. The Morgan fingerprint density at radius 1 is 1.13 bits per heavy atom. The molecule has 0 radical (unpaired) electrons. The SMILES string of the molecule is CC(C)(C)OC(=O)N1CCCC(C(C)(C)S(=O)(=O)C2C=C(C(F)(F)F)CC=CC2)C1. The molecule has 2 unspecified atom stereocenters. The first-order chi connectivity index (χ1) is 13.6. The van der Waals surface area contributed by atoms with E-state index in [9.17, 15) is 26.4 Å². The highest BCUT2D eigenvalue weighted by Crippen LogP contribution is 2.39. The number of hydrogen-bond acceptors (Lipinski definition) is 4. The Kier molecular flexibility index (Phi) is 7.06. The molecule has 1 saturated heterocycles. The summed E-state index contributed by atoms with van der Waals surface area (Å²) in [6.07, 6.45) is -0.470. The zero-order valence-corrected chi connectivity index (χ0v) is 19.1. The Balaban J connectivity index is 2.27. The summed E-state index contributed by atoms with van der Waals surface area (Å²) in [6.45, 7) is 9.04. The van der Waals surface area contributed by atoms with Crippen LogP contribution in [0.2, 0.25) is 0 Å². The lowest BCUT2D eigenvalue weighted by Gasteiger charge is -2.42. The van der Waals surface area contributed by atoms with Gasteiger partial charge in [0.2, 0.25) is 0 Å². The van der Waals surface area contributed by atoms with E-state index in [1.54, 1.807) is 34.6 Å². The number of piperidine rings is 1. The van der Waals surface area contributed by atoms with Crippen LogP contribution in [0.5, 0.6) is 0 Å². The summed E-state index contributed by atoms with van der Waals surface area (Å²) in [4.78, 5) is 13.9. The number of hydrogen-bond donors (Lipinski definition) is 0. The average Bonchev–Trinajstić information content (AvgIpc) is 2.87. The van der Waals surface area contributed by atoms with Crippen LogP contribution < -0.4 is 0 Å². The van der Waals surface area contributed by atoms with Crippen LogP contribution in [0, 0.1) is 5.92 Å². The normalized spacial score (nSPS) is 24.3. The van der Waals surface area contributed by atoms with Gasteiger partial charge in [-0.25, -0.2) is 13.2 Å². The van der Waals surface area contributed by atoms with Gasteiger partial charge in [0.15, 0.2) is 9.84 Å². The third-order valence-electron chi connectivity index (χ3n) is 5.81. The molecule has 1 heterocycles. The summed E-state index contributed by atoms with van der Waals surface area (Å²) in [7, 11) is -3.97. The van der Waals surface area contributed by atoms with Crippen LogP contribution in [-0.4, -0.2) is 54.3 Å². The van der Waals surface area contributed by atoms with Gasteiger partial charge in [-0.2, -0.15) is 13.2 Å². The van der Waals surface area contributed by atoms with Crippen molar-refractivity contribution in [1.82, 2.24) is 4.90 Å². The highest BCUT2D eigenvalue weighted by Gasteiger charge is 2.48. The van der Waals surface area contributed by atoms with Crippen molar-refractivity contribution in [3.8, 4) is 0 Å². The van der Waals surface area contributed by atoms with E-state index in [-0.39, 0.29) is 19.4 Å². The second-order valence-corrected chi connectivity index (χ2v) is 12.3. The van der Waals surface area contributed by atoms with Crippen LogP contribution in [0.25, 0.3) is 0 Å². The second kappa shape index (κ2) is 8.55. The number of allylic oxidation sites excluding steroid dienone is 3. The molecule has 1 amide bonds. The molecule has 9 heteroatoms. The van der Waals surface area contributed by atoms with E-state index >= 15 is 0 Å². The Morgan fingerprint density at radius 3 is 2.33 bits per heavy atom. The van der Waals surface area contributed by atoms with Crippen LogP contribution in [0.3, 0.4) is 0 Å². The lowest BCUT2D eigenvalue weighted by Crippen LogP contribution is -2.53. The van der Waals surface area contributed by atoms with E-state index in [0.29, 0.717) is 19.4 Å². The van der Waals surface area contributed by atoms with Crippen molar-refractivity contribution in [3.63, 3.8) is 0 Å². The summed E-state index contributed by atoms with van der Waals surface area (Å²) in [5, 5.41) is -1.25. The van der Waals surface area contributed by atoms with E-state index in [1.807, 2.05) is 0 Å². The summed E-state index contributed by atoms with van der Waals surface area (Å²) in [5.41, 5.74) is -1.50. The van der Waals surface area contributed by atoms with E-state index in [1.165, 1.54) is 17.1 Å². The summed E-state index contributed by atoms with van der Waals surface area (Å²) < 4.78 is 70.8. The van der Waals surface area contributed by atoms with Gasteiger partial charge in [-0.15, -0.1) is 0 Å². The molecule has 2 aliphatic rings. The molecule has 0 aromatic heterocycles. The van der Waals surface area contributed by atoms with Crippen LogP contribution in [-0.2, 0) is 14.6 Å². The van der Waals surface area contributed by atoms with Gasteiger partial charge >= 0.3 is 12.3 Å². The van der Waals surface area contributed by atoms with E-state index < -0.39 is 49.2 Å². The largest absolute Gasteiger partial charge is 0.444 e. The first-order valence-corrected chi connectivity index (χ1v) is 11.7. The van der Waals surface area contributed by atoms with E-state index in [4.69, 9.17) is 4.74 Å².